The van der Waals surface area contributed by atoms with Crippen molar-refractivity contribution in [3.8, 4) is 0 Å². The van der Waals surface area contributed by atoms with Gasteiger partial charge in [-0.15, -0.1) is 0 Å². The molecule has 0 aromatic heterocycles. The van der Waals surface area contributed by atoms with Crippen LogP contribution in [0.1, 0.15) is 23.6 Å². The molecule has 1 N–H and O–H groups in total. The predicted octanol–water partition coefficient (Wildman–Crippen LogP) is 4.23. The fraction of sp³-hybridized carbons (Fsp3) is 0.143. The Labute approximate surface area is 91.8 Å². The van der Waals surface area contributed by atoms with Crippen molar-refractivity contribution in [1.82, 2.24) is 0 Å². The Bertz CT molecular complexity index is 400. The van der Waals surface area contributed by atoms with E-state index in [9.17, 15) is 0 Å². The fourth-order valence-electron chi connectivity index (χ4n) is 1.56. The van der Waals surface area contributed by atoms with Crippen molar-refractivity contribution in [2.45, 2.75) is 13.8 Å². The maximum atomic E-state index is 3.82. The SMILES string of the molecule is C=CNc1c(C)ccc(C=C)c1/C=C\C. The molecule has 0 aliphatic carbocycles. The van der Waals surface area contributed by atoms with Crippen molar-refractivity contribution in [2.24, 2.45) is 0 Å². The van der Waals surface area contributed by atoms with E-state index >= 15 is 0 Å². The topological polar surface area (TPSA) is 12.0 Å². The minimum Gasteiger partial charge on any atom is -0.362 e. The van der Waals surface area contributed by atoms with Gasteiger partial charge in [-0.05, 0) is 31.2 Å². The molecule has 1 aromatic rings. The van der Waals surface area contributed by atoms with E-state index in [4.69, 9.17) is 0 Å². The van der Waals surface area contributed by atoms with Crippen LogP contribution >= 0.6 is 0 Å². The molecule has 0 bridgehead atoms. The number of hydrogen-bond donors (Lipinski definition) is 1. The highest BCUT2D eigenvalue weighted by molar-refractivity contribution is 5.78. The molecule has 0 aliphatic heterocycles. The van der Waals surface area contributed by atoms with Gasteiger partial charge in [0.1, 0.15) is 0 Å². The summed E-state index contributed by atoms with van der Waals surface area (Å²) in [4.78, 5) is 0. The second-order valence-corrected chi connectivity index (χ2v) is 3.31. The number of aryl methyl sites for hydroxylation is 1. The summed E-state index contributed by atoms with van der Waals surface area (Å²) in [6.07, 6.45) is 7.66. The first-order chi connectivity index (χ1) is 7.24. The Morgan fingerprint density at radius 1 is 1.27 bits per heavy atom. The van der Waals surface area contributed by atoms with E-state index in [1.165, 1.54) is 5.56 Å². The smallest absolute Gasteiger partial charge is 0.0488 e. The molecule has 1 aromatic carbocycles. The second kappa shape index (κ2) is 5.20. The Balaban J connectivity index is 3.42. The van der Waals surface area contributed by atoms with Gasteiger partial charge in [0.2, 0.25) is 0 Å². The van der Waals surface area contributed by atoms with Gasteiger partial charge in [-0.3, -0.25) is 0 Å². The van der Waals surface area contributed by atoms with E-state index < -0.39 is 0 Å². The Kier molecular flexibility index (Phi) is 3.92. The average Bonchev–Trinajstić information content (AvgIpc) is 2.24. The third kappa shape index (κ3) is 2.38. The molecule has 0 aliphatic rings. The van der Waals surface area contributed by atoms with Gasteiger partial charge in [0.05, 0.1) is 0 Å². The van der Waals surface area contributed by atoms with Crippen LogP contribution in [0.4, 0.5) is 5.69 Å². The average molecular weight is 199 g/mol. The van der Waals surface area contributed by atoms with Crippen molar-refractivity contribution in [3.63, 3.8) is 0 Å². The van der Waals surface area contributed by atoms with Crippen LogP contribution in [0.15, 0.2) is 37.6 Å². The van der Waals surface area contributed by atoms with Gasteiger partial charge in [-0.1, -0.05) is 43.5 Å². The van der Waals surface area contributed by atoms with Gasteiger partial charge < -0.3 is 5.32 Å². The molecule has 78 valence electrons. The van der Waals surface area contributed by atoms with Crippen molar-refractivity contribution in [3.05, 3.63) is 54.3 Å². The summed E-state index contributed by atoms with van der Waals surface area (Å²) in [5.74, 6) is 0. The summed E-state index contributed by atoms with van der Waals surface area (Å²) < 4.78 is 0. The van der Waals surface area contributed by atoms with E-state index in [1.807, 2.05) is 19.1 Å². The number of allylic oxidation sites excluding steroid dienone is 1. The van der Waals surface area contributed by atoms with E-state index in [2.05, 4.69) is 43.6 Å². The Morgan fingerprint density at radius 3 is 2.53 bits per heavy atom. The lowest BCUT2D eigenvalue weighted by Crippen LogP contribution is -1.96. The molecule has 1 rings (SSSR count). The lowest BCUT2D eigenvalue weighted by Gasteiger charge is -2.12. The number of benzene rings is 1. The summed E-state index contributed by atoms with van der Waals surface area (Å²) in [6.45, 7) is 11.6. The number of nitrogens with one attached hydrogen (secondary N) is 1. The van der Waals surface area contributed by atoms with Crippen molar-refractivity contribution < 1.29 is 0 Å². The standard InChI is InChI=1S/C14H17N/c1-5-8-13-12(6-2)10-9-11(4)14(13)15-7-3/h5-10,15H,2-3H2,1,4H3/b8-5-. The molecular formula is C14H17N. The van der Waals surface area contributed by atoms with Gasteiger partial charge in [0.15, 0.2) is 0 Å². The third-order valence-electron chi connectivity index (χ3n) is 2.29. The van der Waals surface area contributed by atoms with Crippen LogP contribution in [0.5, 0.6) is 0 Å². The minimum atomic E-state index is 1.10. The Hall–Kier alpha value is -1.76. The molecule has 0 unspecified atom stereocenters. The van der Waals surface area contributed by atoms with E-state index in [0.717, 1.165) is 16.8 Å². The first-order valence-electron chi connectivity index (χ1n) is 5.00. The van der Waals surface area contributed by atoms with Crippen molar-refractivity contribution >= 4 is 17.8 Å². The fourth-order valence-corrected chi connectivity index (χ4v) is 1.56. The summed E-state index contributed by atoms with van der Waals surface area (Å²) in [5.41, 5.74) is 4.59. The minimum absolute atomic E-state index is 1.10. The normalized spacial score (nSPS) is 10.3. The maximum Gasteiger partial charge on any atom is 0.0488 e. The van der Waals surface area contributed by atoms with Crippen LogP contribution in [-0.2, 0) is 0 Å². The molecule has 0 radical (unpaired) electrons. The van der Waals surface area contributed by atoms with Crippen molar-refractivity contribution in [1.29, 1.82) is 0 Å². The van der Waals surface area contributed by atoms with Crippen LogP contribution in [0.3, 0.4) is 0 Å². The highest BCUT2D eigenvalue weighted by Crippen LogP contribution is 2.26. The van der Waals surface area contributed by atoms with Crippen LogP contribution in [0.25, 0.3) is 12.2 Å². The monoisotopic (exact) mass is 199 g/mol. The molecule has 1 nitrogen and oxygen atoms in total. The van der Waals surface area contributed by atoms with E-state index in [1.54, 1.807) is 6.20 Å². The van der Waals surface area contributed by atoms with Gasteiger partial charge in [-0.25, -0.2) is 0 Å². The summed E-state index contributed by atoms with van der Waals surface area (Å²) >= 11 is 0. The Morgan fingerprint density at radius 2 is 2.00 bits per heavy atom. The van der Waals surface area contributed by atoms with Crippen LogP contribution < -0.4 is 5.32 Å². The van der Waals surface area contributed by atoms with Gasteiger partial charge in [0.25, 0.3) is 0 Å². The highest BCUT2D eigenvalue weighted by Gasteiger charge is 2.05. The molecular weight excluding hydrogens is 182 g/mol. The molecule has 0 saturated heterocycles. The lowest BCUT2D eigenvalue weighted by atomic mass is 10.0. The molecule has 15 heavy (non-hydrogen) atoms. The van der Waals surface area contributed by atoms with Crippen molar-refractivity contribution in [2.75, 3.05) is 5.32 Å². The molecule has 0 atom stereocenters. The van der Waals surface area contributed by atoms with Gasteiger partial charge in [-0.2, -0.15) is 0 Å². The third-order valence-corrected chi connectivity index (χ3v) is 2.29. The van der Waals surface area contributed by atoms with Gasteiger partial charge >= 0.3 is 0 Å². The zero-order valence-corrected chi connectivity index (χ0v) is 9.38. The molecule has 0 amide bonds. The molecule has 0 fully saturated rings. The molecule has 0 saturated carbocycles. The molecule has 0 heterocycles. The first kappa shape index (κ1) is 11.3. The number of rotatable bonds is 4. The lowest BCUT2D eigenvalue weighted by molar-refractivity contribution is 1.41. The van der Waals surface area contributed by atoms with Crippen LogP contribution in [-0.4, -0.2) is 0 Å². The number of anilines is 1. The zero-order valence-electron chi connectivity index (χ0n) is 9.38. The summed E-state index contributed by atoms with van der Waals surface area (Å²) in [7, 11) is 0. The van der Waals surface area contributed by atoms with E-state index in [-0.39, 0.29) is 0 Å². The van der Waals surface area contributed by atoms with Gasteiger partial charge in [0, 0.05) is 11.3 Å². The zero-order chi connectivity index (χ0) is 11.3. The maximum absolute atomic E-state index is 3.82. The quantitative estimate of drug-likeness (QED) is 0.765. The summed E-state index contributed by atoms with van der Waals surface area (Å²) in [6, 6.07) is 4.15. The van der Waals surface area contributed by atoms with Crippen LogP contribution in [0, 0.1) is 6.92 Å². The summed E-state index contributed by atoms with van der Waals surface area (Å²) in [5, 5.41) is 3.17. The molecule has 0 spiro atoms. The first-order valence-corrected chi connectivity index (χ1v) is 5.00. The van der Waals surface area contributed by atoms with E-state index in [0.29, 0.717) is 0 Å². The largest absolute Gasteiger partial charge is 0.362 e. The second-order valence-electron chi connectivity index (χ2n) is 3.31. The van der Waals surface area contributed by atoms with Crippen LogP contribution in [0.2, 0.25) is 0 Å². The highest BCUT2D eigenvalue weighted by atomic mass is 14.8. The molecule has 1 heteroatoms. The predicted molar refractivity (Wildman–Crippen MR) is 69.8 cm³/mol. The number of hydrogen-bond acceptors (Lipinski definition) is 1.